The molecule has 1 aliphatic rings. The average molecular weight is 330 g/mol. The Hall–Kier alpha value is -2.20. The van der Waals surface area contributed by atoms with Gasteiger partial charge in [-0.3, -0.25) is 4.79 Å². The van der Waals surface area contributed by atoms with E-state index in [0.29, 0.717) is 6.54 Å². The number of nitrogens with one attached hydrogen (secondary N) is 1. The summed E-state index contributed by atoms with van der Waals surface area (Å²) in [5.74, 6) is 0.143. The maximum Gasteiger partial charge on any atom is 0.241 e. The summed E-state index contributed by atoms with van der Waals surface area (Å²) < 4.78 is 0. The van der Waals surface area contributed by atoms with Crippen LogP contribution in [-0.4, -0.2) is 43.5 Å². The fourth-order valence-electron chi connectivity index (χ4n) is 2.71. The molecule has 120 valence electrons. The monoisotopic (exact) mass is 329 g/mol. The topological polar surface area (TPSA) is 35.6 Å². The van der Waals surface area contributed by atoms with Gasteiger partial charge in [0.2, 0.25) is 5.91 Å². The summed E-state index contributed by atoms with van der Waals surface area (Å²) >= 11 is 5.92. The van der Waals surface area contributed by atoms with Crippen LogP contribution in [0, 0.1) is 0 Å². The normalized spacial score (nSPS) is 14.7. The Morgan fingerprint density at radius 1 is 0.957 bits per heavy atom. The van der Waals surface area contributed by atoms with Crippen molar-refractivity contribution in [1.29, 1.82) is 0 Å². The van der Waals surface area contributed by atoms with E-state index < -0.39 is 0 Å². The van der Waals surface area contributed by atoms with Gasteiger partial charge in [-0.1, -0.05) is 29.8 Å². The standard InChI is InChI=1S/C18H20ClN3O/c19-15-6-8-17(9-7-15)21-10-12-22(13-11-21)18(23)14-20-16-4-2-1-3-5-16/h1-9,20H,10-14H2. The van der Waals surface area contributed by atoms with Gasteiger partial charge < -0.3 is 15.1 Å². The predicted octanol–water partition coefficient (Wildman–Crippen LogP) is 3.10. The highest BCUT2D eigenvalue weighted by Crippen LogP contribution is 2.19. The lowest BCUT2D eigenvalue weighted by molar-refractivity contribution is -0.129. The molecule has 0 radical (unpaired) electrons. The molecule has 5 heteroatoms. The molecule has 1 aliphatic heterocycles. The molecule has 0 spiro atoms. The molecule has 0 aliphatic carbocycles. The lowest BCUT2D eigenvalue weighted by atomic mass is 10.2. The summed E-state index contributed by atoms with van der Waals surface area (Å²) in [6.07, 6.45) is 0. The van der Waals surface area contributed by atoms with E-state index in [9.17, 15) is 4.79 Å². The second-order valence-electron chi connectivity index (χ2n) is 5.56. The van der Waals surface area contributed by atoms with Gasteiger partial charge in [-0.15, -0.1) is 0 Å². The summed E-state index contributed by atoms with van der Waals surface area (Å²) in [5, 5.41) is 3.92. The number of nitrogens with zero attached hydrogens (tertiary/aromatic N) is 2. The molecule has 1 heterocycles. The summed E-state index contributed by atoms with van der Waals surface area (Å²) in [6.45, 7) is 3.53. The van der Waals surface area contributed by atoms with Crippen LogP contribution in [0.5, 0.6) is 0 Å². The van der Waals surface area contributed by atoms with E-state index in [-0.39, 0.29) is 5.91 Å². The van der Waals surface area contributed by atoms with Crippen LogP contribution in [0.4, 0.5) is 11.4 Å². The number of hydrogen-bond acceptors (Lipinski definition) is 3. The summed E-state index contributed by atoms with van der Waals surface area (Å²) in [7, 11) is 0. The van der Waals surface area contributed by atoms with Crippen molar-refractivity contribution in [2.75, 3.05) is 42.9 Å². The van der Waals surface area contributed by atoms with E-state index in [2.05, 4.69) is 10.2 Å². The number of piperazine rings is 1. The number of carbonyl (C=O) groups excluding carboxylic acids is 1. The number of anilines is 2. The minimum Gasteiger partial charge on any atom is -0.376 e. The van der Waals surface area contributed by atoms with Crippen LogP contribution in [0.15, 0.2) is 54.6 Å². The molecular formula is C18H20ClN3O. The molecule has 23 heavy (non-hydrogen) atoms. The van der Waals surface area contributed by atoms with E-state index in [0.717, 1.165) is 42.6 Å². The van der Waals surface area contributed by atoms with Crippen molar-refractivity contribution in [3.05, 3.63) is 59.6 Å². The van der Waals surface area contributed by atoms with Crippen molar-refractivity contribution in [1.82, 2.24) is 4.90 Å². The zero-order chi connectivity index (χ0) is 16.1. The molecular weight excluding hydrogens is 310 g/mol. The first-order chi connectivity index (χ1) is 11.2. The third-order valence-corrected chi connectivity index (χ3v) is 4.29. The first-order valence-corrected chi connectivity index (χ1v) is 8.17. The van der Waals surface area contributed by atoms with Crippen molar-refractivity contribution in [3.8, 4) is 0 Å². The molecule has 0 aromatic heterocycles. The van der Waals surface area contributed by atoms with Gasteiger partial charge in [-0.25, -0.2) is 0 Å². The molecule has 0 atom stereocenters. The van der Waals surface area contributed by atoms with Crippen LogP contribution >= 0.6 is 11.6 Å². The van der Waals surface area contributed by atoms with Crippen LogP contribution in [0.3, 0.4) is 0 Å². The fraction of sp³-hybridized carbons (Fsp3) is 0.278. The Bertz CT molecular complexity index is 637. The van der Waals surface area contributed by atoms with Crippen molar-refractivity contribution in [2.45, 2.75) is 0 Å². The van der Waals surface area contributed by atoms with Crippen LogP contribution in [0.1, 0.15) is 0 Å². The third-order valence-electron chi connectivity index (χ3n) is 4.04. The maximum atomic E-state index is 12.3. The zero-order valence-electron chi connectivity index (χ0n) is 12.9. The minimum absolute atomic E-state index is 0.143. The van der Waals surface area contributed by atoms with Gasteiger partial charge in [-0.2, -0.15) is 0 Å². The van der Waals surface area contributed by atoms with Crippen molar-refractivity contribution in [2.24, 2.45) is 0 Å². The average Bonchev–Trinajstić information content (AvgIpc) is 2.61. The lowest BCUT2D eigenvalue weighted by Crippen LogP contribution is -2.50. The highest BCUT2D eigenvalue weighted by molar-refractivity contribution is 6.30. The van der Waals surface area contributed by atoms with Gasteiger partial charge in [0.1, 0.15) is 0 Å². The number of benzene rings is 2. The number of carbonyl (C=O) groups is 1. The van der Waals surface area contributed by atoms with Gasteiger partial charge in [0.15, 0.2) is 0 Å². The van der Waals surface area contributed by atoms with Crippen molar-refractivity contribution in [3.63, 3.8) is 0 Å². The van der Waals surface area contributed by atoms with Gasteiger partial charge in [0.05, 0.1) is 6.54 Å². The molecule has 2 aromatic carbocycles. The molecule has 1 N–H and O–H groups in total. The Labute approximate surface area is 141 Å². The van der Waals surface area contributed by atoms with Gasteiger partial charge in [-0.05, 0) is 36.4 Å². The Balaban J connectivity index is 1.48. The third kappa shape index (κ3) is 4.17. The molecule has 2 aromatic rings. The largest absolute Gasteiger partial charge is 0.376 e. The number of hydrogen-bond donors (Lipinski definition) is 1. The second-order valence-corrected chi connectivity index (χ2v) is 6.00. The molecule has 0 unspecified atom stereocenters. The molecule has 1 fully saturated rings. The van der Waals surface area contributed by atoms with Gasteiger partial charge >= 0.3 is 0 Å². The van der Waals surface area contributed by atoms with Crippen molar-refractivity contribution >= 4 is 28.9 Å². The van der Waals surface area contributed by atoms with Crippen LogP contribution < -0.4 is 10.2 Å². The molecule has 1 amide bonds. The van der Waals surface area contributed by atoms with Gasteiger partial charge in [0, 0.05) is 42.6 Å². The SMILES string of the molecule is O=C(CNc1ccccc1)N1CCN(c2ccc(Cl)cc2)CC1. The number of amides is 1. The van der Waals surface area contributed by atoms with E-state index in [4.69, 9.17) is 11.6 Å². The predicted molar refractivity (Wildman–Crippen MR) is 95.2 cm³/mol. The highest BCUT2D eigenvalue weighted by Gasteiger charge is 2.20. The van der Waals surface area contributed by atoms with Crippen LogP contribution in [0.25, 0.3) is 0 Å². The molecule has 1 saturated heterocycles. The molecule has 3 rings (SSSR count). The summed E-state index contributed by atoms with van der Waals surface area (Å²) in [6, 6.07) is 17.7. The van der Waals surface area contributed by atoms with Gasteiger partial charge in [0.25, 0.3) is 0 Å². The van der Waals surface area contributed by atoms with Crippen LogP contribution in [-0.2, 0) is 4.79 Å². The Morgan fingerprint density at radius 3 is 2.26 bits per heavy atom. The highest BCUT2D eigenvalue weighted by atomic mass is 35.5. The number of para-hydroxylation sites is 1. The van der Waals surface area contributed by atoms with Crippen LogP contribution in [0.2, 0.25) is 5.02 Å². The van der Waals surface area contributed by atoms with E-state index in [1.165, 1.54) is 0 Å². The van der Waals surface area contributed by atoms with E-state index >= 15 is 0 Å². The zero-order valence-corrected chi connectivity index (χ0v) is 13.7. The van der Waals surface area contributed by atoms with E-state index in [1.54, 1.807) is 0 Å². The second kappa shape index (κ2) is 7.38. The first-order valence-electron chi connectivity index (χ1n) is 7.79. The smallest absolute Gasteiger partial charge is 0.241 e. The maximum absolute atomic E-state index is 12.3. The Kier molecular flexibility index (Phi) is 5.03. The van der Waals surface area contributed by atoms with E-state index in [1.807, 2.05) is 59.5 Å². The number of halogens is 1. The Morgan fingerprint density at radius 2 is 1.61 bits per heavy atom. The summed E-state index contributed by atoms with van der Waals surface area (Å²) in [5.41, 5.74) is 2.13. The lowest BCUT2D eigenvalue weighted by Gasteiger charge is -2.36. The fourth-order valence-corrected chi connectivity index (χ4v) is 2.84. The first kappa shape index (κ1) is 15.7. The molecule has 4 nitrogen and oxygen atoms in total. The minimum atomic E-state index is 0.143. The summed E-state index contributed by atoms with van der Waals surface area (Å²) in [4.78, 5) is 16.5. The number of rotatable bonds is 4. The molecule has 0 saturated carbocycles. The molecule has 0 bridgehead atoms. The quantitative estimate of drug-likeness (QED) is 0.936. The van der Waals surface area contributed by atoms with Crippen molar-refractivity contribution < 1.29 is 4.79 Å².